The first kappa shape index (κ1) is 13.4. The first-order chi connectivity index (χ1) is 9.20. The van der Waals surface area contributed by atoms with E-state index in [-0.39, 0.29) is 11.3 Å². The normalized spacial score (nSPS) is 34.1. The van der Waals surface area contributed by atoms with E-state index in [1.807, 2.05) is 0 Å². The quantitative estimate of drug-likeness (QED) is 0.818. The van der Waals surface area contributed by atoms with E-state index in [2.05, 4.69) is 17.1 Å². The van der Waals surface area contributed by atoms with Crippen LogP contribution in [0.4, 0.5) is 0 Å². The molecular weight excluding hydrogens is 240 g/mol. The molecule has 0 aromatic heterocycles. The van der Waals surface area contributed by atoms with Crippen LogP contribution in [-0.4, -0.2) is 50.2 Å². The molecule has 0 aromatic rings. The number of nitrogens with zero attached hydrogens (tertiary/aromatic N) is 1. The number of likely N-dealkylation sites (tertiary alicyclic amines) is 1. The number of amides is 1. The van der Waals surface area contributed by atoms with Crippen LogP contribution in [0.1, 0.15) is 32.6 Å². The zero-order valence-electron chi connectivity index (χ0n) is 12.0. The predicted octanol–water partition coefficient (Wildman–Crippen LogP) is 1.26. The molecule has 3 rings (SSSR count). The van der Waals surface area contributed by atoms with Gasteiger partial charge in [0.25, 0.3) is 0 Å². The monoisotopic (exact) mass is 266 g/mol. The van der Waals surface area contributed by atoms with Gasteiger partial charge in [-0.05, 0) is 44.7 Å². The summed E-state index contributed by atoms with van der Waals surface area (Å²) in [5.41, 5.74) is 0.268. The van der Waals surface area contributed by atoms with E-state index in [4.69, 9.17) is 4.74 Å². The van der Waals surface area contributed by atoms with Gasteiger partial charge in [0.2, 0.25) is 5.91 Å². The van der Waals surface area contributed by atoms with Crippen LogP contribution in [0.3, 0.4) is 0 Å². The molecule has 3 heterocycles. The molecule has 0 radical (unpaired) electrons. The van der Waals surface area contributed by atoms with Gasteiger partial charge in [-0.1, -0.05) is 6.92 Å². The maximum Gasteiger partial charge on any atom is 0.225 e. The lowest BCUT2D eigenvalue weighted by Crippen LogP contribution is -2.54. The summed E-state index contributed by atoms with van der Waals surface area (Å²) in [6.45, 7) is 7.76. The standard InChI is InChI=1S/C15H26N2O2/c1-12(13-8-16-9-13)14(18)17-6-2-4-15(10-17)5-3-7-19-11-15/h12-13,16H,2-11H2,1H3. The Bertz CT molecular complexity index is 330. The Kier molecular flexibility index (Phi) is 3.81. The van der Waals surface area contributed by atoms with Crippen molar-refractivity contribution in [2.75, 3.05) is 39.4 Å². The number of hydrogen-bond donors (Lipinski definition) is 1. The second kappa shape index (κ2) is 5.41. The van der Waals surface area contributed by atoms with Crippen molar-refractivity contribution >= 4 is 5.91 Å². The summed E-state index contributed by atoms with van der Waals surface area (Å²) in [4.78, 5) is 14.7. The Morgan fingerprint density at radius 1 is 1.37 bits per heavy atom. The average Bonchev–Trinajstić information content (AvgIpc) is 2.37. The molecule has 1 N–H and O–H groups in total. The Morgan fingerprint density at radius 3 is 2.79 bits per heavy atom. The van der Waals surface area contributed by atoms with Crippen molar-refractivity contribution in [3.05, 3.63) is 0 Å². The lowest BCUT2D eigenvalue weighted by molar-refractivity contribution is -0.144. The highest BCUT2D eigenvalue weighted by atomic mass is 16.5. The molecule has 1 spiro atoms. The molecular formula is C15H26N2O2. The van der Waals surface area contributed by atoms with E-state index in [1.54, 1.807) is 0 Å². The van der Waals surface area contributed by atoms with Gasteiger partial charge in [0.05, 0.1) is 6.61 Å². The van der Waals surface area contributed by atoms with Crippen LogP contribution in [0.5, 0.6) is 0 Å². The lowest BCUT2D eigenvalue weighted by Gasteiger charge is -2.46. The third-order valence-corrected chi connectivity index (χ3v) is 5.29. The highest BCUT2D eigenvalue weighted by molar-refractivity contribution is 5.79. The van der Waals surface area contributed by atoms with Crippen LogP contribution >= 0.6 is 0 Å². The molecule has 19 heavy (non-hydrogen) atoms. The van der Waals surface area contributed by atoms with Crippen molar-refractivity contribution in [2.45, 2.75) is 32.6 Å². The van der Waals surface area contributed by atoms with Crippen molar-refractivity contribution in [1.82, 2.24) is 10.2 Å². The summed E-state index contributed by atoms with van der Waals surface area (Å²) in [5, 5.41) is 3.27. The number of rotatable bonds is 2. The van der Waals surface area contributed by atoms with Gasteiger partial charge in [0.15, 0.2) is 0 Å². The molecule has 0 saturated carbocycles. The molecule has 0 aromatic carbocycles. The number of hydrogen-bond acceptors (Lipinski definition) is 3. The summed E-state index contributed by atoms with van der Waals surface area (Å²) in [6, 6.07) is 0. The van der Waals surface area contributed by atoms with Gasteiger partial charge >= 0.3 is 0 Å². The zero-order chi connectivity index (χ0) is 13.3. The second-order valence-corrected chi connectivity index (χ2v) is 6.73. The fourth-order valence-electron chi connectivity index (χ4n) is 3.78. The molecule has 0 bridgehead atoms. The SMILES string of the molecule is CC(C(=O)N1CCCC2(CCCOC2)C1)C1CNC1. The molecule has 3 aliphatic heterocycles. The third kappa shape index (κ3) is 2.65. The summed E-state index contributed by atoms with van der Waals surface area (Å²) in [6.07, 6.45) is 4.77. The van der Waals surface area contributed by atoms with Crippen LogP contribution in [-0.2, 0) is 9.53 Å². The number of carbonyl (C=O) groups is 1. The van der Waals surface area contributed by atoms with Gasteiger partial charge in [-0.3, -0.25) is 4.79 Å². The average molecular weight is 266 g/mol. The molecule has 3 aliphatic rings. The molecule has 0 aliphatic carbocycles. The van der Waals surface area contributed by atoms with Crippen molar-refractivity contribution < 1.29 is 9.53 Å². The van der Waals surface area contributed by atoms with Gasteiger partial charge in [0, 0.05) is 31.0 Å². The molecule has 3 fully saturated rings. The Morgan fingerprint density at radius 2 is 2.16 bits per heavy atom. The van der Waals surface area contributed by atoms with Gasteiger partial charge in [-0.25, -0.2) is 0 Å². The first-order valence-corrected chi connectivity index (χ1v) is 7.77. The number of ether oxygens (including phenoxy) is 1. The van der Waals surface area contributed by atoms with E-state index in [0.717, 1.165) is 52.2 Å². The van der Waals surface area contributed by atoms with E-state index < -0.39 is 0 Å². The highest BCUT2D eigenvalue weighted by Crippen LogP contribution is 2.38. The lowest BCUT2D eigenvalue weighted by atomic mass is 9.75. The minimum absolute atomic E-state index is 0.181. The van der Waals surface area contributed by atoms with E-state index in [0.29, 0.717) is 11.8 Å². The minimum atomic E-state index is 0.181. The van der Waals surface area contributed by atoms with Crippen molar-refractivity contribution in [1.29, 1.82) is 0 Å². The smallest absolute Gasteiger partial charge is 0.225 e. The molecule has 2 atom stereocenters. The number of carbonyl (C=O) groups excluding carboxylic acids is 1. The van der Waals surface area contributed by atoms with Gasteiger partial charge in [-0.2, -0.15) is 0 Å². The van der Waals surface area contributed by atoms with Gasteiger partial charge < -0.3 is 15.0 Å². The van der Waals surface area contributed by atoms with E-state index in [9.17, 15) is 4.79 Å². The largest absolute Gasteiger partial charge is 0.381 e. The molecule has 1 amide bonds. The zero-order valence-corrected chi connectivity index (χ0v) is 12.0. The summed E-state index contributed by atoms with van der Waals surface area (Å²) in [5.74, 6) is 1.10. The second-order valence-electron chi connectivity index (χ2n) is 6.73. The predicted molar refractivity (Wildman–Crippen MR) is 73.8 cm³/mol. The Balaban J connectivity index is 1.62. The summed E-state index contributed by atoms with van der Waals surface area (Å²) >= 11 is 0. The van der Waals surface area contributed by atoms with E-state index >= 15 is 0 Å². The molecule has 4 heteroatoms. The van der Waals surface area contributed by atoms with Crippen LogP contribution in [0, 0.1) is 17.3 Å². The van der Waals surface area contributed by atoms with Crippen molar-refractivity contribution in [3.8, 4) is 0 Å². The molecule has 3 saturated heterocycles. The topological polar surface area (TPSA) is 41.6 Å². The maximum atomic E-state index is 12.6. The van der Waals surface area contributed by atoms with E-state index in [1.165, 1.54) is 12.8 Å². The van der Waals surface area contributed by atoms with Crippen LogP contribution < -0.4 is 5.32 Å². The highest BCUT2D eigenvalue weighted by Gasteiger charge is 2.40. The van der Waals surface area contributed by atoms with Crippen molar-refractivity contribution in [3.63, 3.8) is 0 Å². The Hall–Kier alpha value is -0.610. The summed E-state index contributed by atoms with van der Waals surface area (Å²) < 4.78 is 5.68. The van der Waals surface area contributed by atoms with Crippen molar-refractivity contribution in [2.24, 2.45) is 17.3 Å². The van der Waals surface area contributed by atoms with Crippen LogP contribution in [0.25, 0.3) is 0 Å². The molecule has 4 nitrogen and oxygen atoms in total. The Labute approximate surface area is 115 Å². The third-order valence-electron chi connectivity index (χ3n) is 5.29. The minimum Gasteiger partial charge on any atom is -0.381 e. The summed E-state index contributed by atoms with van der Waals surface area (Å²) in [7, 11) is 0. The number of nitrogens with one attached hydrogen (secondary N) is 1. The fourth-order valence-corrected chi connectivity index (χ4v) is 3.78. The van der Waals surface area contributed by atoms with Gasteiger partial charge in [-0.15, -0.1) is 0 Å². The number of piperidine rings is 1. The maximum absolute atomic E-state index is 12.6. The first-order valence-electron chi connectivity index (χ1n) is 7.77. The molecule has 2 unspecified atom stereocenters. The van der Waals surface area contributed by atoms with Crippen LogP contribution in [0.15, 0.2) is 0 Å². The van der Waals surface area contributed by atoms with Crippen LogP contribution in [0.2, 0.25) is 0 Å². The fraction of sp³-hybridized carbons (Fsp3) is 0.933. The molecule has 108 valence electrons. The van der Waals surface area contributed by atoms with Gasteiger partial charge in [0.1, 0.15) is 0 Å².